The van der Waals surface area contributed by atoms with Crippen molar-refractivity contribution in [2.75, 3.05) is 5.32 Å². The highest BCUT2D eigenvalue weighted by Crippen LogP contribution is 2.35. The zero-order valence-electron chi connectivity index (χ0n) is 10.2. The van der Waals surface area contributed by atoms with Crippen LogP contribution in [0.5, 0.6) is 0 Å². The molecule has 0 fully saturated rings. The van der Waals surface area contributed by atoms with Crippen molar-refractivity contribution in [2.45, 2.75) is 6.54 Å². The second-order valence-corrected chi connectivity index (χ2v) is 5.49. The van der Waals surface area contributed by atoms with Gasteiger partial charge in [0.25, 0.3) is 0 Å². The molecule has 2 aromatic rings. The summed E-state index contributed by atoms with van der Waals surface area (Å²) in [6.45, 7) is -0.204. The quantitative estimate of drug-likeness (QED) is 0.778. The summed E-state index contributed by atoms with van der Waals surface area (Å²) in [6.07, 6.45) is 1.15. The Morgan fingerprint density at radius 1 is 1.33 bits per heavy atom. The number of anilines is 1. The van der Waals surface area contributed by atoms with Gasteiger partial charge in [-0.3, -0.25) is 4.79 Å². The minimum Gasteiger partial charge on any atom is -0.476 e. The third kappa shape index (κ3) is 3.72. The molecule has 0 bridgehead atoms. The van der Waals surface area contributed by atoms with Crippen LogP contribution in [0.1, 0.15) is 10.5 Å². The molecule has 110 valence electrons. The number of benzene rings is 1. The summed E-state index contributed by atoms with van der Waals surface area (Å²) in [5, 5.41) is 18.7. The molecule has 1 heterocycles. The Morgan fingerprint density at radius 3 is 2.67 bits per heavy atom. The Morgan fingerprint density at radius 2 is 2.05 bits per heavy atom. The van der Waals surface area contributed by atoms with Gasteiger partial charge in [-0.15, -0.1) is 5.10 Å². The van der Waals surface area contributed by atoms with Gasteiger partial charge in [0.05, 0.1) is 21.9 Å². The summed E-state index contributed by atoms with van der Waals surface area (Å²) in [4.78, 5) is 22.5. The van der Waals surface area contributed by atoms with E-state index in [-0.39, 0.29) is 22.3 Å². The molecule has 7 nitrogen and oxygen atoms in total. The largest absolute Gasteiger partial charge is 0.476 e. The zero-order chi connectivity index (χ0) is 15.6. The van der Waals surface area contributed by atoms with Crippen LogP contribution in [-0.4, -0.2) is 32.0 Å². The van der Waals surface area contributed by atoms with Crippen molar-refractivity contribution in [3.63, 3.8) is 0 Å². The lowest BCUT2D eigenvalue weighted by atomic mass is 10.3. The monoisotopic (exact) mass is 392 g/mol. The highest BCUT2D eigenvalue weighted by Gasteiger charge is 2.13. The van der Waals surface area contributed by atoms with E-state index in [1.807, 2.05) is 0 Å². The van der Waals surface area contributed by atoms with Gasteiger partial charge in [-0.2, -0.15) is 0 Å². The number of rotatable bonds is 4. The lowest BCUT2D eigenvalue weighted by Gasteiger charge is -2.09. The van der Waals surface area contributed by atoms with Gasteiger partial charge in [-0.1, -0.05) is 28.4 Å². The maximum atomic E-state index is 11.8. The number of hydrogen-bond acceptors (Lipinski definition) is 4. The summed E-state index contributed by atoms with van der Waals surface area (Å²) < 4.78 is 1.71. The van der Waals surface area contributed by atoms with Crippen LogP contribution in [0.2, 0.25) is 10.0 Å². The van der Waals surface area contributed by atoms with Crippen molar-refractivity contribution in [1.82, 2.24) is 15.0 Å². The fraction of sp³-hybridized carbons (Fsp3) is 0.0909. The van der Waals surface area contributed by atoms with E-state index >= 15 is 0 Å². The van der Waals surface area contributed by atoms with Gasteiger partial charge in [0, 0.05) is 4.47 Å². The summed E-state index contributed by atoms with van der Waals surface area (Å²) in [5.74, 6) is -1.67. The van der Waals surface area contributed by atoms with Gasteiger partial charge in [-0.05, 0) is 28.1 Å². The molecule has 0 aliphatic rings. The maximum Gasteiger partial charge on any atom is 0.358 e. The van der Waals surface area contributed by atoms with E-state index in [1.54, 1.807) is 12.1 Å². The predicted molar refractivity (Wildman–Crippen MR) is 79.8 cm³/mol. The molecule has 0 atom stereocenters. The Labute approximate surface area is 137 Å². The van der Waals surface area contributed by atoms with Gasteiger partial charge >= 0.3 is 5.97 Å². The number of carbonyl (C=O) groups excluding carboxylic acids is 1. The average molecular weight is 394 g/mol. The Balaban J connectivity index is 2.08. The van der Waals surface area contributed by atoms with Crippen molar-refractivity contribution >= 4 is 56.7 Å². The minimum absolute atomic E-state index is 0.198. The first kappa shape index (κ1) is 15.7. The van der Waals surface area contributed by atoms with E-state index in [4.69, 9.17) is 28.3 Å². The SMILES string of the molecule is O=C(Cn1cc(C(=O)O)nn1)Nc1ccc(Br)c(Cl)c1Cl. The molecule has 0 aliphatic heterocycles. The first-order valence-electron chi connectivity index (χ1n) is 5.45. The maximum absolute atomic E-state index is 11.8. The molecule has 0 saturated carbocycles. The van der Waals surface area contributed by atoms with Crippen LogP contribution in [0.25, 0.3) is 0 Å². The molecule has 1 amide bonds. The molecule has 1 aromatic carbocycles. The summed E-state index contributed by atoms with van der Waals surface area (Å²) in [6, 6.07) is 3.22. The molecule has 2 N–H and O–H groups in total. The molecule has 0 unspecified atom stereocenters. The van der Waals surface area contributed by atoms with Crippen LogP contribution in [0.3, 0.4) is 0 Å². The number of aromatic nitrogens is 3. The summed E-state index contributed by atoms with van der Waals surface area (Å²) >= 11 is 15.2. The number of aromatic carboxylic acids is 1. The van der Waals surface area contributed by atoms with E-state index in [9.17, 15) is 9.59 Å². The summed E-state index contributed by atoms with van der Waals surface area (Å²) in [5.41, 5.74) is 0.0981. The van der Waals surface area contributed by atoms with Crippen LogP contribution in [0.4, 0.5) is 5.69 Å². The van der Waals surface area contributed by atoms with Crippen LogP contribution in [-0.2, 0) is 11.3 Å². The lowest BCUT2D eigenvalue weighted by molar-refractivity contribution is -0.116. The number of carbonyl (C=O) groups is 2. The molecular formula is C11H7BrCl2N4O3. The molecule has 0 aliphatic carbocycles. The second-order valence-electron chi connectivity index (χ2n) is 3.88. The van der Waals surface area contributed by atoms with E-state index < -0.39 is 11.9 Å². The van der Waals surface area contributed by atoms with Gasteiger partial charge in [-0.25, -0.2) is 9.48 Å². The first-order chi connectivity index (χ1) is 9.88. The smallest absolute Gasteiger partial charge is 0.358 e. The number of nitrogens with one attached hydrogen (secondary N) is 1. The van der Waals surface area contributed by atoms with E-state index in [0.717, 1.165) is 10.9 Å². The van der Waals surface area contributed by atoms with Gasteiger partial charge in [0.2, 0.25) is 5.91 Å². The Bertz CT molecular complexity index is 719. The van der Waals surface area contributed by atoms with Crippen molar-refractivity contribution in [3.8, 4) is 0 Å². The van der Waals surface area contributed by atoms with Crippen molar-refractivity contribution in [3.05, 3.63) is 38.5 Å². The summed E-state index contributed by atoms with van der Waals surface area (Å²) in [7, 11) is 0. The molecule has 10 heteroatoms. The number of carboxylic acids is 1. The van der Waals surface area contributed by atoms with E-state index in [2.05, 4.69) is 31.6 Å². The van der Waals surface area contributed by atoms with Crippen LogP contribution >= 0.6 is 39.1 Å². The lowest BCUT2D eigenvalue weighted by Crippen LogP contribution is -2.19. The molecule has 21 heavy (non-hydrogen) atoms. The third-order valence-electron chi connectivity index (χ3n) is 2.37. The predicted octanol–water partition coefficient (Wildman–Crippen LogP) is 2.68. The van der Waals surface area contributed by atoms with Gasteiger partial charge in [0.15, 0.2) is 5.69 Å². The fourth-order valence-electron chi connectivity index (χ4n) is 1.43. The first-order valence-corrected chi connectivity index (χ1v) is 7.00. The molecular weight excluding hydrogens is 387 g/mol. The van der Waals surface area contributed by atoms with Gasteiger partial charge in [0.1, 0.15) is 6.54 Å². The van der Waals surface area contributed by atoms with Crippen LogP contribution in [0, 0.1) is 0 Å². The second kappa shape index (κ2) is 6.42. The normalized spacial score (nSPS) is 10.4. The number of halogens is 3. The molecule has 1 aromatic heterocycles. The third-order valence-corrected chi connectivity index (χ3v) is 4.14. The highest BCUT2D eigenvalue weighted by molar-refractivity contribution is 9.10. The standard InChI is InChI=1S/C11H7BrCl2N4O3/c12-5-1-2-6(10(14)9(5)13)15-8(19)4-18-3-7(11(20)21)16-17-18/h1-3H,4H2,(H,15,19)(H,20,21). The minimum atomic E-state index is -1.22. The van der Waals surface area contributed by atoms with Crippen molar-refractivity contribution < 1.29 is 14.7 Å². The topological polar surface area (TPSA) is 97.1 Å². The fourth-order valence-corrected chi connectivity index (χ4v) is 2.25. The van der Waals surface area contributed by atoms with Crippen molar-refractivity contribution in [2.24, 2.45) is 0 Å². The number of nitrogens with zero attached hydrogens (tertiary/aromatic N) is 3. The van der Waals surface area contributed by atoms with Gasteiger partial charge < -0.3 is 10.4 Å². The number of carboxylic acid groups (broad SMARTS) is 1. The van der Waals surface area contributed by atoms with Crippen LogP contribution in [0.15, 0.2) is 22.8 Å². The highest BCUT2D eigenvalue weighted by atomic mass is 79.9. The van der Waals surface area contributed by atoms with E-state index in [1.165, 1.54) is 0 Å². The Kier molecular flexibility index (Phi) is 4.81. The number of hydrogen-bond donors (Lipinski definition) is 2. The molecule has 2 rings (SSSR count). The molecule has 0 saturated heterocycles. The van der Waals surface area contributed by atoms with E-state index in [0.29, 0.717) is 10.2 Å². The zero-order valence-corrected chi connectivity index (χ0v) is 13.3. The van der Waals surface area contributed by atoms with Crippen LogP contribution < -0.4 is 5.32 Å². The Hall–Kier alpha value is -1.64. The average Bonchev–Trinajstić information content (AvgIpc) is 2.88. The molecule has 0 spiro atoms. The number of amides is 1. The van der Waals surface area contributed by atoms with Crippen molar-refractivity contribution in [1.29, 1.82) is 0 Å². The molecule has 0 radical (unpaired) electrons.